The molecule has 1 aromatic rings. The number of aromatic nitrogens is 1. The Hall–Kier alpha value is -2.35. The van der Waals surface area contributed by atoms with Crippen LogP contribution in [0, 0.1) is 23.2 Å². The van der Waals surface area contributed by atoms with Gasteiger partial charge in [0.2, 0.25) is 0 Å². The number of rotatable bonds is 1. The van der Waals surface area contributed by atoms with E-state index in [2.05, 4.69) is 17.1 Å². The van der Waals surface area contributed by atoms with Crippen LogP contribution >= 0.6 is 0 Å². The third kappa shape index (κ3) is 2.06. The summed E-state index contributed by atoms with van der Waals surface area (Å²) in [7, 11) is 0. The molecule has 1 aliphatic heterocycles. The summed E-state index contributed by atoms with van der Waals surface area (Å²) in [5.41, 5.74) is 2.72. The normalized spacial score (nSPS) is 24.8. The van der Waals surface area contributed by atoms with E-state index in [-0.39, 0.29) is 0 Å². The molecule has 1 aliphatic carbocycles. The van der Waals surface area contributed by atoms with Gasteiger partial charge in [0.05, 0.1) is 5.56 Å². The van der Waals surface area contributed by atoms with Crippen LogP contribution in [0.25, 0.3) is 5.57 Å². The number of fused-ring (bicyclic) bond motifs is 1. The van der Waals surface area contributed by atoms with Crippen LogP contribution in [-0.2, 0) is 0 Å². The molecule has 1 N–H and O–H groups in total. The highest BCUT2D eigenvalue weighted by atomic mass is 16.4. The summed E-state index contributed by atoms with van der Waals surface area (Å²) in [5.74, 6) is 0.675. The molecule has 3 rings (SSSR count). The molecule has 0 spiro atoms. The van der Waals surface area contributed by atoms with Crippen molar-refractivity contribution in [1.29, 1.82) is 5.26 Å². The van der Waals surface area contributed by atoms with Gasteiger partial charge in [0.25, 0.3) is 0 Å². The minimum Gasteiger partial charge on any atom is -0.465 e. The number of carbonyl (C=O) groups is 1. The smallest absolute Gasteiger partial charge is 0.407 e. The van der Waals surface area contributed by atoms with E-state index in [4.69, 9.17) is 10.4 Å². The zero-order valence-corrected chi connectivity index (χ0v) is 10.3. The van der Waals surface area contributed by atoms with E-state index in [0.29, 0.717) is 30.5 Å². The second-order valence-electron chi connectivity index (χ2n) is 5.08. The molecule has 2 atom stereocenters. The highest BCUT2D eigenvalue weighted by Gasteiger charge is 2.38. The molecule has 2 heterocycles. The van der Waals surface area contributed by atoms with Crippen molar-refractivity contribution in [1.82, 2.24) is 9.88 Å². The Morgan fingerprint density at radius 2 is 2.32 bits per heavy atom. The first-order chi connectivity index (χ1) is 9.17. The van der Waals surface area contributed by atoms with Gasteiger partial charge in [-0.1, -0.05) is 6.08 Å². The lowest BCUT2D eigenvalue weighted by atomic mass is 9.98. The Morgan fingerprint density at radius 3 is 3.00 bits per heavy atom. The molecule has 0 radical (unpaired) electrons. The Labute approximate surface area is 110 Å². The van der Waals surface area contributed by atoms with E-state index in [1.165, 1.54) is 10.5 Å². The number of amides is 1. The van der Waals surface area contributed by atoms with Gasteiger partial charge in [-0.15, -0.1) is 0 Å². The van der Waals surface area contributed by atoms with Crippen molar-refractivity contribution in [2.24, 2.45) is 11.8 Å². The number of pyridine rings is 1. The zero-order valence-electron chi connectivity index (χ0n) is 10.3. The van der Waals surface area contributed by atoms with Crippen molar-refractivity contribution in [3.8, 4) is 6.07 Å². The predicted octanol–water partition coefficient (Wildman–Crippen LogP) is 1.97. The maximum Gasteiger partial charge on any atom is 0.407 e. The van der Waals surface area contributed by atoms with Crippen LogP contribution in [0.5, 0.6) is 0 Å². The molecule has 2 aliphatic rings. The maximum absolute atomic E-state index is 10.9. The average Bonchev–Trinajstić information content (AvgIpc) is 2.96. The highest BCUT2D eigenvalue weighted by molar-refractivity contribution is 5.70. The van der Waals surface area contributed by atoms with Crippen molar-refractivity contribution in [2.75, 3.05) is 13.1 Å². The average molecular weight is 255 g/mol. The molecule has 1 saturated heterocycles. The van der Waals surface area contributed by atoms with Gasteiger partial charge >= 0.3 is 6.09 Å². The molecule has 19 heavy (non-hydrogen) atoms. The van der Waals surface area contributed by atoms with Crippen molar-refractivity contribution < 1.29 is 9.90 Å². The lowest BCUT2D eigenvalue weighted by molar-refractivity contribution is 0.153. The van der Waals surface area contributed by atoms with Crippen LogP contribution in [0.15, 0.2) is 24.5 Å². The number of nitrogens with zero attached hydrogens (tertiary/aromatic N) is 3. The van der Waals surface area contributed by atoms with Crippen molar-refractivity contribution in [3.05, 3.63) is 35.7 Å². The third-order valence-corrected chi connectivity index (χ3v) is 3.90. The number of hydrogen-bond acceptors (Lipinski definition) is 3. The number of likely N-dealkylation sites (tertiary alicyclic amines) is 1. The molecule has 1 aromatic heterocycles. The second-order valence-corrected chi connectivity index (χ2v) is 5.08. The van der Waals surface area contributed by atoms with E-state index < -0.39 is 6.09 Å². The van der Waals surface area contributed by atoms with Gasteiger partial charge in [0, 0.05) is 25.5 Å². The van der Waals surface area contributed by atoms with E-state index in [0.717, 1.165) is 12.0 Å². The summed E-state index contributed by atoms with van der Waals surface area (Å²) in [6.07, 6.45) is 5.49. The van der Waals surface area contributed by atoms with Gasteiger partial charge in [-0.3, -0.25) is 4.98 Å². The molecule has 5 nitrogen and oxygen atoms in total. The van der Waals surface area contributed by atoms with E-state index in [9.17, 15) is 4.79 Å². The molecule has 1 amide bonds. The monoisotopic (exact) mass is 255 g/mol. The van der Waals surface area contributed by atoms with E-state index >= 15 is 0 Å². The van der Waals surface area contributed by atoms with E-state index in [1.54, 1.807) is 12.4 Å². The van der Waals surface area contributed by atoms with Gasteiger partial charge in [0.1, 0.15) is 6.07 Å². The van der Waals surface area contributed by atoms with Crippen molar-refractivity contribution >= 4 is 11.7 Å². The molecule has 1 fully saturated rings. The molecule has 0 aromatic carbocycles. The second kappa shape index (κ2) is 4.39. The molecule has 5 heteroatoms. The first kappa shape index (κ1) is 11.7. The fourth-order valence-corrected chi connectivity index (χ4v) is 2.96. The number of carboxylic acid groups (broad SMARTS) is 1. The van der Waals surface area contributed by atoms with Crippen LogP contribution in [0.2, 0.25) is 0 Å². The summed E-state index contributed by atoms with van der Waals surface area (Å²) in [6.45, 7) is 1.18. The van der Waals surface area contributed by atoms with Gasteiger partial charge in [-0.25, -0.2) is 4.79 Å². The minimum absolute atomic E-state index is 0.303. The van der Waals surface area contributed by atoms with Crippen LogP contribution in [0.4, 0.5) is 4.79 Å². The van der Waals surface area contributed by atoms with Crippen LogP contribution in [-0.4, -0.2) is 34.2 Å². The van der Waals surface area contributed by atoms with Crippen LogP contribution < -0.4 is 0 Å². The van der Waals surface area contributed by atoms with Crippen LogP contribution in [0.3, 0.4) is 0 Å². The lowest BCUT2D eigenvalue weighted by Gasteiger charge is -2.12. The summed E-state index contributed by atoms with van der Waals surface area (Å²) in [5, 5.41) is 17.9. The predicted molar refractivity (Wildman–Crippen MR) is 68.1 cm³/mol. The maximum atomic E-state index is 10.9. The Bertz CT molecular complexity index is 603. The standard InChI is InChI=1S/C14H13N3O2/c15-4-9-1-11(6-16-5-9)10-2-12-7-17(14(18)19)8-13(12)3-10/h1-2,5-6,12-13H,3,7-8H2,(H,18,19)/t12-,13+/m0/s1. The summed E-state index contributed by atoms with van der Waals surface area (Å²) in [6, 6.07) is 3.93. The fraction of sp³-hybridized carbons (Fsp3) is 0.357. The Morgan fingerprint density at radius 1 is 1.47 bits per heavy atom. The highest BCUT2D eigenvalue weighted by Crippen LogP contribution is 2.40. The SMILES string of the molecule is N#Cc1cncc(C2=C[C@H]3CN(C(=O)O)C[C@H]3C2)c1. The van der Waals surface area contributed by atoms with Gasteiger partial charge in [0.15, 0.2) is 0 Å². The molecule has 0 bridgehead atoms. The first-order valence-corrected chi connectivity index (χ1v) is 6.21. The quantitative estimate of drug-likeness (QED) is 0.832. The Balaban J connectivity index is 1.81. The third-order valence-electron chi connectivity index (χ3n) is 3.90. The molecular weight excluding hydrogens is 242 g/mol. The molecular formula is C14H13N3O2. The van der Waals surface area contributed by atoms with Gasteiger partial charge in [-0.05, 0) is 35.5 Å². The largest absolute Gasteiger partial charge is 0.465 e. The topological polar surface area (TPSA) is 77.2 Å². The number of hydrogen-bond donors (Lipinski definition) is 1. The number of allylic oxidation sites excluding steroid dienone is 1. The summed E-state index contributed by atoms with van der Waals surface area (Å²) in [4.78, 5) is 16.5. The van der Waals surface area contributed by atoms with Crippen molar-refractivity contribution in [2.45, 2.75) is 6.42 Å². The minimum atomic E-state index is -0.836. The zero-order chi connectivity index (χ0) is 13.4. The Kier molecular flexibility index (Phi) is 2.71. The first-order valence-electron chi connectivity index (χ1n) is 6.21. The summed E-state index contributed by atoms with van der Waals surface area (Å²) < 4.78 is 0. The van der Waals surface area contributed by atoms with Crippen molar-refractivity contribution in [3.63, 3.8) is 0 Å². The lowest BCUT2D eigenvalue weighted by Crippen LogP contribution is -2.27. The van der Waals surface area contributed by atoms with Gasteiger partial charge in [-0.2, -0.15) is 5.26 Å². The fourth-order valence-electron chi connectivity index (χ4n) is 2.96. The van der Waals surface area contributed by atoms with E-state index in [1.807, 2.05) is 6.07 Å². The molecule has 0 saturated carbocycles. The number of nitriles is 1. The molecule has 96 valence electrons. The summed E-state index contributed by atoms with van der Waals surface area (Å²) >= 11 is 0. The molecule has 0 unspecified atom stereocenters. The van der Waals surface area contributed by atoms with Gasteiger partial charge < -0.3 is 10.0 Å². The van der Waals surface area contributed by atoms with Crippen LogP contribution in [0.1, 0.15) is 17.5 Å².